The summed E-state index contributed by atoms with van der Waals surface area (Å²) >= 11 is 0. The average molecular weight is 341 g/mol. The molecule has 0 fully saturated rings. The van der Waals surface area contributed by atoms with Crippen molar-refractivity contribution >= 4 is 16.5 Å². The van der Waals surface area contributed by atoms with Gasteiger partial charge in [-0.15, -0.1) is 0 Å². The first-order valence-electron chi connectivity index (χ1n) is 9.97. The topological polar surface area (TPSA) is 26.3 Å². The molecule has 0 aromatic heterocycles. The quantitative estimate of drug-likeness (QED) is 0.207. The molecular formula is C20H40O2Si. The minimum absolute atomic E-state index is 0.137. The number of hydrogen-bond acceptors (Lipinski definition) is 2. The third kappa shape index (κ3) is 16.1. The Hall–Kier alpha value is -0.573. The summed E-state index contributed by atoms with van der Waals surface area (Å²) in [6.07, 6.45) is 22.5. The van der Waals surface area contributed by atoms with Gasteiger partial charge in [-0.3, -0.25) is 0 Å². The first-order chi connectivity index (χ1) is 11.2. The average Bonchev–Trinajstić information content (AvgIpc) is 2.57. The van der Waals surface area contributed by atoms with Crippen molar-refractivity contribution in [2.24, 2.45) is 0 Å². The zero-order valence-electron chi connectivity index (χ0n) is 16.0. The molecule has 0 amide bonds. The van der Waals surface area contributed by atoms with Crippen LogP contribution in [0.15, 0.2) is 11.6 Å². The molecule has 0 aliphatic carbocycles. The molecule has 136 valence electrons. The van der Waals surface area contributed by atoms with Gasteiger partial charge in [-0.05, 0) is 19.8 Å². The standard InChI is InChI=1S/C20H40O2Si/c1-3-4-5-6-7-8-9-10-11-12-13-14-15-16-17-18-19(2)20(21)22-23/h18H,3-17H2,1-2,23H3. The second kappa shape index (κ2) is 17.8. The molecule has 0 heterocycles. The zero-order chi connectivity index (χ0) is 17.2. The maximum atomic E-state index is 11.2. The Labute approximate surface area is 148 Å². The van der Waals surface area contributed by atoms with Gasteiger partial charge in [0.05, 0.1) is 0 Å². The van der Waals surface area contributed by atoms with Crippen LogP contribution in [0.5, 0.6) is 0 Å². The smallest absolute Gasteiger partial charge is 0.319 e. The lowest BCUT2D eigenvalue weighted by atomic mass is 10.0. The van der Waals surface area contributed by atoms with E-state index in [1.165, 1.54) is 89.9 Å². The highest BCUT2D eigenvalue weighted by atomic mass is 28.2. The molecule has 2 nitrogen and oxygen atoms in total. The summed E-state index contributed by atoms with van der Waals surface area (Å²) in [6, 6.07) is 0. The summed E-state index contributed by atoms with van der Waals surface area (Å²) in [5, 5.41) is 0. The minimum Gasteiger partial charge on any atom is -0.526 e. The Balaban J connectivity index is 3.18. The first-order valence-corrected chi connectivity index (χ1v) is 10.8. The summed E-state index contributed by atoms with van der Waals surface area (Å²) < 4.78 is 4.82. The summed E-state index contributed by atoms with van der Waals surface area (Å²) in [6.45, 7) is 4.13. The lowest BCUT2D eigenvalue weighted by Gasteiger charge is -2.03. The lowest BCUT2D eigenvalue weighted by molar-refractivity contribution is -0.129. The molecule has 0 aromatic rings. The summed E-state index contributed by atoms with van der Waals surface area (Å²) in [7, 11) is 0.492. The highest BCUT2D eigenvalue weighted by molar-refractivity contribution is 6.09. The van der Waals surface area contributed by atoms with E-state index in [1.807, 2.05) is 13.0 Å². The Morgan fingerprint density at radius 1 is 0.783 bits per heavy atom. The monoisotopic (exact) mass is 340 g/mol. The maximum absolute atomic E-state index is 11.2. The van der Waals surface area contributed by atoms with Crippen LogP contribution in [0.25, 0.3) is 0 Å². The van der Waals surface area contributed by atoms with E-state index in [9.17, 15) is 4.79 Å². The maximum Gasteiger partial charge on any atom is 0.319 e. The van der Waals surface area contributed by atoms with Crippen molar-refractivity contribution in [3.05, 3.63) is 11.6 Å². The fourth-order valence-electron chi connectivity index (χ4n) is 2.90. The van der Waals surface area contributed by atoms with E-state index in [0.717, 1.165) is 12.0 Å². The first kappa shape index (κ1) is 22.4. The SMILES string of the molecule is CCCCCCCCCCCCCCCCC=C(C)C(=O)O[SiH3]. The fourth-order valence-corrected chi connectivity index (χ4v) is 3.22. The molecule has 0 atom stereocenters. The van der Waals surface area contributed by atoms with Crippen LogP contribution in [0.4, 0.5) is 0 Å². The van der Waals surface area contributed by atoms with E-state index in [4.69, 9.17) is 4.43 Å². The number of hydrogen-bond donors (Lipinski definition) is 0. The van der Waals surface area contributed by atoms with Crippen LogP contribution >= 0.6 is 0 Å². The molecule has 0 bridgehead atoms. The van der Waals surface area contributed by atoms with E-state index in [2.05, 4.69) is 6.92 Å². The van der Waals surface area contributed by atoms with Crippen molar-refractivity contribution in [3.63, 3.8) is 0 Å². The molecule has 23 heavy (non-hydrogen) atoms. The van der Waals surface area contributed by atoms with Gasteiger partial charge in [-0.25, -0.2) is 4.79 Å². The number of rotatable bonds is 16. The summed E-state index contributed by atoms with van der Waals surface area (Å²) in [4.78, 5) is 11.2. The van der Waals surface area contributed by atoms with Gasteiger partial charge in [0.25, 0.3) is 0 Å². The van der Waals surface area contributed by atoms with E-state index in [-0.39, 0.29) is 5.97 Å². The molecule has 0 spiro atoms. The highest BCUT2D eigenvalue weighted by Gasteiger charge is 2.00. The number of carbonyl (C=O) groups is 1. The van der Waals surface area contributed by atoms with Gasteiger partial charge >= 0.3 is 5.97 Å². The largest absolute Gasteiger partial charge is 0.526 e. The third-order valence-electron chi connectivity index (χ3n) is 4.52. The fraction of sp³-hybridized carbons (Fsp3) is 0.850. The third-order valence-corrected chi connectivity index (χ3v) is 4.89. The molecule has 0 aliphatic rings. The van der Waals surface area contributed by atoms with E-state index in [1.54, 1.807) is 0 Å². The van der Waals surface area contributed by atoms with Crippen molar-refractivity contribution in [1.29, 1.82) is 0 Å². The second-order valence-electron chi connectivity index (χ2n) is 6.76. The van der Waals surface area contributed by atoms with E-state index in [0.29, 0.717) is 10.5 Å². The molecule has 0 saturated carbocycles. The Kier molecular flexibility index (Phi) is 17.3. The molecule has 0 saturated heterocycles. The van der Waals surface area contributed by atoms with Gasteiger partial charge in [0.2, 0.25) is 10.5 Å². The van der Waals surface area contributed by atoms with Crippen molar-refractivity contribution in [3.8, 4) is 0 Å². The van der Waals surface area contributed by atoms with Crippen LogP contribution in [0.1, 0.15) is 110 Å². The van der Waals surface area contributed by atoms with Crippen molar-refractivity contribution in [1.82, 2.24) is 0 Å². The van der Waals surface area contributed by atoms with Crippen LogP contribution in [0.2, 0.25) is 0 Å². The van der Waals surface area contributed by atoms with Gasteiger partial charge in [0.15, 0.2) is 0 Å². The van der Waals surface area contributed by atoms with Gasteiger partial charge in [0, 0.05) is 5.57 Å². The molecule has 0 aromatic carbocycles. The van der Waals surface area contributed by atoms with E-state index < -0.39 is 0 Å². The van der Waals surface area contributed by atoms with Crippen LogP contribution in [-0.2, 0) is 9.22 Å². The summed E-state index contributed by atoms with van der Waals surface area (Å²) in [5.74, 6) is -0.137. The highest BCUT2D eigenvalue weighted by Crippen LogP contribution is 2.13. The van der Waals surface area contributed by atoms with Gasteiger partial charge < -0.3 is 4.43 Å². The van der Waals surface area contributed by atoms with Gasteiger partial charge in [0.1, 0.15) is 0 Å². The minimum atomic E-state index is -0.137. The molecular weight excluding hydrogens is 300 g/mol. The molecule has 0 radical (unpaired) electrons. The van der Waals surface area contributed by atoms with Crippen LogP contribution in [-0.4, -0.2) is 16.5 Å². The number of allylic oxidation sites excluding steroid dienone is 1. The van der Waals surface area contributed by atoms with Crippen molar-refractivity contribution < 1.29 is 9.22 Å². The Morgan fingerprint density at radius 3 is 1.57 bits per heavy atom. The lowest BCUT2D eigenvalue weighted by Crippen LogP contribution is -2.02. The number of carbonyl (C=O) groups excluding carboxylic acids is 1. The predicted octanol–water partition coefficient (Wildman–Crippen LogP) is 5.63. The molecule has 0 unspecified atom stereocenters. The van der Waals surface area contributed by atoms with Gasteiger partial charge in [-0.1, -0.05) is 96.5 Å². The molecule has 0 aliphatic heterocycles. The summed E-state index contributed by atoms with van der Waals surface area (Å²) in [5.41, 5.74) is 0.773. The van der Waals surface area contributed by atoms with Crippen LogP contribution < -0.4 is 0 Å². The van der Waals surface area contributed by atoms with Crippen LogP contribution in [0, 0.1) is 0 Å². The second-order valence-corrected chi connectivity index (χ2v) is 7.17. The van der Waals surface area contributed by atoms with Crippen molar-refractivity contribution in [2.75, 3.05) is 0 Å². The zero-order valence-corrected chi connectivity index (χ0v) is 18.0. The van der Waals surface area contributed by atoms with Gasteiger partial charge in [-0.2, -0.15) is 0 Å². The molecule has 0 N–H and O–H groups in total. The number of unbranched alkanes of at least 4 members (excludes halogenated alkanes) is 14. The molecule has 3 heteroatoms. The van der Waals surface area contributed by atoms with Crippen molar-refractivity contribution in [2.45, 2.75) is 110 Å². The Bertz CT molecular complexity index is 300. The van der Waals surface area contributed by atoms with Crippen LogP contribution in [0.3, 0.4) is 0 Å². The normalized spacial score (nSPS) is 11.8. The molecule has 0 rings (SSSR count). The Morgan fingerprint density at radius 2 is 1.17 bits per heavy atom. The van der Waals surface area contributed by atoms with E-state index >= 15 is 0 Å². The predicted molar refractivity (Wildman–Crippen MR) is 105 cm³/mol.